The van der Waals surface area contributed by atoms with E-state index in [4.69, 9.17) is 0 Å². The van der Waals surface area contributed by atoms with Crippen LogP contribution >= 0.6 is 11.8 Å². The van der Waals surface area contributed by atoms with Crippen LogP contribution in [0.3, 0.4) is 0 Å². The molecule has 0 bridgehead atoms. The van der Waals surface area contributed by atoms with Gasteiger partial charge < -0.3 is 5.32 Å². The number of benzene rings is 1. The summed E-state index contributed by atoms with van der Waals surface area (Å²) in [6, 6.07) is 12.0. The second kappa shape index (κ2) is 7.96. The third-order valence-electron chi connectivity index (χ3n) is 3.75. The van der Waals surface area contributed by atoms with Crippen molar-refractivity contribution in [3.05, 3.63) is 35.9 Å². The molecular formula is C17H29NS. The molecule has 0 amide bonds. The highest BCUT2D eigenvalue weighted by atomic mass is 32.2. The summed E-state index contributed by atoms with van der Waals surface area (Å²) in [4.78, 5) is 0. The average Bonchev–Trinajstić information content (AvgIpc) is 2.38. The number of hydrogen-bond acceptors (Lipinski definition) is 2. The third-order valence-corrected chi connectivity index (χ3v) is 4.49. The Morgan fingerprint density at radius 2 is 1.84 bits per heavy atom. The first-order valence-corrected chi connectivity index (χ1v) is 8.69. The zero-order chi connectivity index (χ0) is 14.3. The van der Waals surface area contributed by atoms with Crippen LogP contribution in [0.2, 0.25) is 0 Å². The minimum absolute atomic E-state index is 0.228. The monoisotopic (exact) mass is 279 g/mol. The van der Waals surface area contributed by atoms with Crippen molar-refractivity contribution in [3.63, 3.8) is 0 Å². The van der Waals surface area contributed by atoms with E-state index in [0.29, 0.717) is 12.1 Å². The van der Waals surface area contributed by atoms with E-state index in [-0.39, 0.29) is 5.41 Å². The fourth-order valence-electron chi connectivity index (χ4n) is 2.72. The van der Waals surface area contributed by atoms with Crippen molar-refractivity contribution < 1.29 is 0 Å². The van der Waals surface area contributed by atoms with Gasteiger partial charge in [-0.25, -0.2) is 0 Å². The van der Waals surface area contributed by atoms with Crippen LogP contribution in [0.4, 0.5) is 0 Å². The zero-order valence-electron chi connectivity index (χ0n) is 13.1. The van der Waals surface area contributed by atoms with Crippen LogP contribution in [0.25, 0.3) is 0 Å². The summed E-state index contributed by atoms with van der Waals surface area (Å²) in [5, 5.41) is 3.77. The van der Waals surface area contributed by atoms with Crippen LogP contribution in [0.1, 0.15) is 46.1 Å². The Hall–Kier alpha value is -0.470. The molecule has 0 spiro atoms. The lowest BCUT2D eigenvalue weighted by Gasteiger charge is -2.31. The zero-order valence-corrected chi connectivity index (χ0v) is 13.9. The van der Waals surface area contributed by atoms with Crippen molar-refractivity contribution in [2.75, 3.05) is 12.0 Å². The normalized spacial score (nSPS) is 15.2. The second-order valence-corrected chi connectivity index (χ2v) is 6.99. The molecule has 0 aliphatic rings. The summed E-state index contributed by atoms with van der Waals surface area (Å²) in [7, 11) is 0. The summed E-state index contributed by atoms with van der Waals surface area (Å²) in [6.45, 7) is 9.27. The fourth-order valence-corrected chi connectivity index (χ4v) is 3.45. The third kappa shape index (κ3) is 5.58. The first kappa shape index (κ1) is 16.6. The predicted molar refractivity (Wildman–Crippen MR) is 89.1 cm³/mol. The highest BCUT2D eigenvalue weighted by Gasteiger charge is 2.23. The molecule has 2 heteroatoms. The summed E-state index contributed by atoms with van der Waals surface area (Å²) in [5.74, 6) is 1.20. The highest BCUT2D eigenvalue weighted by Crippen LogP contribution is 2.28. The van der Waals surface area contributed by atoms with Crippen LogP contribution < -0.4 is 5.32 Å². The van der Waals surface area contributed by atoms with Gasteiger partial charge in [-0.3, -0.25) is 0 Å². The van der Waals surface area contributed by atoms with Crippen LogP contribution in [0.15, 0.2) is 30.3 Å². The van der Waals surface area contributed by atoms with Crippen LogP contribution in [-0.2, 0) is 5.41 Å². The Balaban J connectivity index is 2.57. The maximum Gasteiger partial charge on any atom is 0.0157 e. The molecule has 0 aliphatic carbocycles. The molecule has 108 valence electrons. The molecule has 0 saturated carbocycles. The highest BCUT2D eigenvalue weighted by molar-refractivity contribution is 7.98. The predicted octanol–water partition coefficient (Wildman–Crippen LogP) is 4.47. The smallest absolute Gasteiger partial charge is 0.0157 e. The molecule has 0 aliphatic heterocycles. The lowest BCUT2D eigenvalue weighted by molar-refractivity contribution is 0.362. The molecule has 1 rings (SSSR count). The van der Waals surface area contributed by atoms with Crippen molar-refractivity contribution in [2.24, 2.45) is 0 Å². The largest absolute Gasteiger partial charge is 0.311 e. The fraction of sp³-hybridized carbons (Fsp3) is 0.647. The second-order valence-electron chi connectivity index (χ2n) is 6.08. The van der Waals surface area contributed by atoms with Crippen molar-refractivity contribution in [2.45, 2.75) is 58.0 Å². The van der Waals surface area contributed by atoms with Crippen LogP contribution in [-0.4, -0.2) is 24.1 Å². The first-order valence-electron chi connectivity index (χ1n) is 7.30. The van der Waals surface area contributed by atoms with E-state index >= 15 is 0 Å². The first-order chi connectivity index (χ1) is 8.99. The van der Waals surface area contributed by atoms with Gasteiger partial charge in [0.2, 0.25) is 0 Å². The molecule has 0 heterocycles. The van der Waals surface area contributed by atoms with Crippen molar-refractivity contribution in [1.29, 1.82) is 0 Å². The molecule has 1 nitrogen and oxygen atoms in total. The lowest BCUT2D eigenvalue weighted by atomic mass is 9.79. The molecule has 0 fully saturated rings. The van der Waals surface area contributed by atoms with E-state index < -0.39 is 0 Å². The topological polar surface area (TPSA) is 12.0 Å². The molecule has 0 radical (unpaired) electrons. The van der Waals surface area contributed by atoms with Gasteiger partial charge in [-0.1, -0.05) is 51.1 Å². The summed E-state index contributed by atoms with van der Waals surface area (Å²) < 4.78 is 0. The van der Waals surface area contributed by atoms with Crippen molar-refractivity contribution in [3.8, 4) is 0 Å². The van der Waals surface area contributed by atoms with E-state index in [9.17, 15) is 0 Å². The maximum absolute atomic E-state index is 3.77. The molecule has 2 atom stereocenters. The minimum atomic E-state index is 0.228. The summed E-state index contributed by atoms with van der Waals surface area (Å²) in [5.41, 5.74) is 1.66. The Morgan fingerprint density at radius 1 is 1.21 bits per heavy atom. The number of nitrogens with one attached hydrogen (secondary N) is 1. The van der Waals surface area contributed by atoms with Crippen LogP contribution in [0.5, 0.6) is 0 Å². The lowest BCUT2D eigenvalue weighted by Crippen LogP contribution is -2.41. The summed E-state index contributed by atoms with van der Waals surface area (Å²) >= 11 is 1.93. The van der Waals surface area contributed by atoms with Gasteiger partial charge in [0.15, 0.2) is 0 Å². The van der Waals surface area contributed by atoms with Gasteiger partial charge in [0.1, 0.15) is 0 Å². The summed E-state index contributed by atoms with van der Waals surface area (Å²) in [6.07, 6.45) is 4.56. The van der Waals surface area contributed by atoms with Gasteiger partial charge >= 0.3 is 0 Å². The molecule has 0 aromatic heterocycles. The molecular weight excluding hydrogens is 250 g/mol. The Bertz CT molecular complexity index is 348. The quantitative estimate of drug-likeness (QED) is 0.753. The van der Waals surface area contributed by atoms with E-state index in [2.05, 4.69) is 69.6 Å². The SMILES string of the molecule is CCC(CSC)NC(C)CC(C)(C)c1ccccc1. The number of thioether (sulfide) groups is 1. The maximum atomic E-state index is 3.77. The van der Waals surface area contributed by atoms with Crippen molar-refractivity contribution in [1.82, 2.24) is 5.32 Å². The van der Waals surface area contributed by atoms with Gasteiger partial charge in [-0.2, -0.15) is 11.8 Å². The van der Waals surface area contributed by atoms with Crippen LogP contribution in [0, 0.1) is 0 Å². The average molecular weight is 279 g/mol. The molecule has 1 aromatic carbocycles. The van der Waals surface area contributed by atoms with Gasteiger partial charge in [0.05, 0.1) is 0 Å². The van der Waals surface area contributed by atoms with Gasteiger partial charge in [-0.15, -0.1) is 0 Å². The minimum Gasteiger partial charge on any atom is -0.311 e. The Morgan fingerprint density at radius 3 is 2.37 bits per heavy atom. The molecule has 1 N–H and O–H groups in total. The molecule has 2 unspecified atom stereocenters. The van der Waals surface area contributed by atoms with E-state index in [0.717, 1.165) is 0 Å². The standard InChI is InChI=1S/C17H29NS/c1-6-16(13-19-5)18-14(2)12-17(3,4)15-10-8-7-9-11-15/h7-11,14,16,18H,6,12-13H2,1-5H3. The Kier molecular flexibility index (Phi) is 6.95. The van der Waals surface area contributed by atoms with Gasteiger partial charge in [0.25, 0.3) is 0 Å². The van der Waals surface area contributed by atoms with E-state index in [1.165, 1.54) is 24.2 Å². The van der Waals surface area contributed by atoms with E-state index in [1.54, 1.807) is 0 Å². The number of hydrogen-bond donors (Lipinski definition) is 1. The molecule has 1 aromatic rings. The molecule has 0 saturated heterocycles. The van der Waals surface area contributed by atoms with Crippen molar-refractivity contribution >= 4 is 11.8 Å². The number of rotatable bonds is 8. The Labute approximate surface area is 123 Å². The van der Waals surface area contributed by atoms with Gasteiger partial charge in [0, 0.05) is 17.8 Å². The van der Waals surface area contributed by atoms with E-state index in [1.807, 2.05) is 11.8 Å². The van der Waals surface area contributed by atoms with Gasteiger partial charge in [-0.05, 0) is 37.0 Å². The molecule has 19 heavy (non-hydrogen) atoms.